The molecule has 0 radical (unpaired) electrons. The molecule has 1 aromatic heterocycles. The Bertz CT molecular complexity index is 907. The molecule has 0 aliphatic rings. The number of amides is 1. The molecule has 28 heavy (non-hydrogen) atoms. The van der Waals surface area contributed by atoms with Crippen LogP contribution in [0, 0.1) is 0 Å². The molecule has 0 bridgehead atoms. The number of quaternary nitrogens is 1. The second-order valence-corrected chi connectivity index (χ2v) is 6.80. The maximum absolute atomic E-state index is 12.4. The standard InChI is InChI=1S/C21H22ClN3O3/c1-3-25(13-20(26)24-17-8-10-18(27-2)11-9-17)14-21-23-12-19(28-21)15-4-6-16(22)7-5-15/h4-12H,3,13-14H2,1-2H3,(H,24,26)/p+1. The Balaban J connectivity index is 1.57. The van der Waals surface area contributed by atoms with E-state index in [0.29, 0.717) is 29.8 Å². The van der Waals surface area contributed by atoms with E-state index in [2.05, 4.69) is 10.3 Å². The van der Waals surface area contributed by atoms with Crippen molar-refractivity contribution in [3.8, 4) is 17.1 Å². The zero-order valence-corrected chi connectivity index (χ0v) is 16.6. The average Bonchev–Trinajstić information content (AvgIpc) is 3.17. The molecule has 0 saturated heterocycles. The fraction of sp³-hybridized carbons (Fsp3) is 0.238. The minimum absolute atomic E-state index is 0.0634. The SMILES string of the molecule is CC[NH+](CC(=O)Nc1ccc(OC)cc1)Cc1ncc(-c2ccc(Cl)cc2)o1. The molecular formula is C21H23ClN3O3+. The normalized spacial score (nSPS) is 11.8. The number of methoxy groups -OCH3 is 1. The van der Waals surface area contributed by atoms with Gasteiger partial charge in [0.25, 0.3) is 11.8 Å². The first kappa shape index (κ1) is 19.9. The van der Waals surface area contributed by atoms with Crippen LogP contribution in [0.25, 0.3) is 11.3 Å². The van der Waals surface area contributed by atoms with Gasteiger partial charge in [-0.3, -0.25) is 4.79 Å². The van der Waals surface area contributed by atoms with Crippen molar-refractivity contribution in [2.45, 2.75) is 13.5 Å². The van der Waals surface area contributed by atoms with Crippen LogP contribution >= 0.6 is 11.6 Å². The van der Waals surface area contributed by atoms with Gasteiger partial charge in [-0.05, 0) is 55.5 Å². The number of benzene rings is 2. The lowest BCUT2D eigenvalue weighted by Gasteiger charge is -2.15. The zero-order chi connectivity index (χ0) is 19.9. The smallest absolute Gasteiger partial charge is 0.279 e. The van der Waals surface area contributed by atoms with Crippen LogP contribution < -0.4 is 15.0 Å². The first-order valence-corrected chi connectivity index (χ1v) is 9.43. The molecule has 0 aliphatic carbocycles. The fourth-order valence-electron chi connectivity index (χ4n) is 2.77. The highest BCUT2D eigenvalue weighted by molar-refractivity contribution is 6.30. The van der Waals surface area contributed by atoms with Crippen molar-refractivity contribution >= 4 is 23.2 Å². The molecule has 3 rings (SSSR count). The Hall–Kier alpha value is -2.83. The van der Waals surface area contributed by atoms with Crippen LogP contribution in [0.15, 0.2) is 59.1 Å². The minimum Gasteiger partial charge on any atom is -0.497 e. The highest BCUT2D eigenvalue weighted by Crippen LogP contribution is 2.22. The number of hydrogen-bond acceptors (Lipinski definition) is 4. The second kappa shape index (κ2) is 9.39. The van der Waals surface area contributed by atoms with Gasteiger partial charge >= 0.3 is 0 Å². The van der Waals surface area contributed by atoms with E-state index in [-0.39, 0.29) is 5.91 Å². The van der Waals surface area contributed by atoms with Gasteiger partial charge in [0.1, 0.15) is 5.75 Å². The molecule has 1 atom stereocenters. The number of carbonyl (C=O) groups is 1. The number of anilines is 1. The lowest BCUT2D eigenvalue weighted by Crippen LogP contribution is -3.11. The number of rotatable bonds is 8. The van der Waals surface area contributed by atoms with Gasteiger partial charge in [0.15, 0.2) is 18.8 Å². The molecule has 6 nitrogen and oxygen atoms in total. The van der Waals surface area contributed by atoms with E-state index in [1.54, 1.807) is 13.3 Å². The third-order valence-corrected chi connectivity index (χ3v) is 4.62. The number of nitrogens with one attached hydrogen (secondary N) is 2. The van der Waals surface area contributed by atoms with Gasteiger partial charge in [-0.15, -0.1) is 0 Å². The van der Waals surface area contributed by atoms with Crippen LogP contribution in [0.1, 0.15) is 12.8 Å². The lowest BCUT2D eigenvalue weighted by molar-refractivity contribution is -0.905. The minimum atomic E-state index is -0.0634. The van der Waals surface area contributed by atoms with Gasteiger partial charge in [0.05, 0.1) is 19.9 Å². The molecule has 1 heterocycles. The van der Waals surface area contributed by atoms with Crippen LogP contribution in [0.2, 0.25) is 5.02 Å². The van der Waals surface area contributed by atoms with Crippen LogP contribution in [-0.2, 0) is 11.3 Å². The van der Waals surface area contributed by atoms with Gasteiger partial charge in [0.2, 0.25) is 0 Å². The van der Waals surface area contributed by atoms with E-state index in [4.69, 9.17) is 20.8 Å². The first-order valence-electron chi connectivity index (χ1n) is 9.05. The Morgan fingerprint density at radius 2 is 1.89 bits per heavy atom. The summed E-state index contributed by atoms with van der Waals surface area (Å²) in [4.78, 5) is 17.8. The number of nitrogens with zero attached hydrogens (tertiary/aromatic N) is 1. The Labute approximate surface area is 169 Å². The van der Waals surface area contributed by atoms with E-state index in [1.807, 2.05) is 55.5 Å². The van der Waals surface area contributed by atoms with Gasteiger partial charge in [-0.25, -0.2) is 4.98 Å². The highest BCUT2D eigenvalue weighted by atomic mass is 35.5. The summed E-state index contributed by atoms with van der Waals surface area (Å²) >= 11 is 5.92. The van der Waals surface area contributed by atoms with Crippen LogP contribution in [0.3, 0.4) is 0 Å². The maximum Gasteiger partial charge on any atom is 0.279 e. The van der Waals surface area contributed by atoms with Crippen LogP contribution in [-0.4, -0.2) is 31.1 Å². The third kappa shape index (κ3) is 5.34. The summed E-state index contributed by atoms with van der Waals surface area (Å²) in [7, 11) is 1.61. The van der Waals surface area contributed by atoms with Crippen molar-refractivity contribution in [2.24, 2.45) is 0 Å². The molecule has 3 aromatic rings. The monoisotopic (exact) mass is 400 g/mol. The van der Waals surface area contributed by atoms with E-state index < -0.39 is 0 Å². The van der Waals surface area contributed by atoms with Crippen molar-refractivity contribution in [1.82, 2.24) is 4.98 Å². The summed E-state index contributed by atoms with van der Waals surface area (Å²) in [6.07, 6.45) is 1.70. The number of halogens is 1. The first-order chi connectivity index (χ1) is 13.6. The Morgan fingerprint density at radius 3 is 2.54 bits per heavy atom. The average molecular weight is 401 g/mol. The summed E-state index contributed by atoms with van der Waals surface area (Å²) < 4.78 is 11.0. The summed E-state index contributed by atoms with van der Waals surface area (Å²) in [6.45, 7) is 3.65. The van der Waals surface area contributed by atoms with Crippen molar-refractivity contribution in [3.63, 3.8) is 0 Å². The molecule has 1 unspecified atom stereocenters. The number of carbonyl (C=O) groups excluding carboxylic acids is 1. The number of likely N-dealkylation sites (N-methyl/N-ethyl adjacent to an activating group) is 1. The number of aromatic nitrogens is 1. The van der Waals surface area contributed by atoms with Crippen molar-refractivity contribution in [2.75, 3.05) is 25.5 Å². The number of ether oxygens (including phenoxy) is 1. The highest BCUT2D eigenvalue weighted by Gasteiger charge is 2.17. The van der Waals surface area contributed by atoms with E-state index in [0.717, 1.165) is 28.4 Å². The van der Waals surface area contributed by atoms with Crippen LogP contribution in [0.4, 0.5) is 5.69 Å². The molecule has 0 fully saturated rings. The lowest BCUT2D eigenvalue weighted by atomic mass is 10.2. The van der Waals surface area contributed by atoms with Gasteiger partial charge in [-0.1, -0.05) is 11.6 Å². The van der Waals surface area contributed by atoms with Gasteiger partial charge in [-0.2, -0.15) is 0 Å². The van der Waals surface area contributed by atoms with Crippen molar-refractivity contribution in [1.29, 1.82) is 0 Å². The molecule has 0 aliphatic heterocycles. The molecule has 2 aromatic carbocycles. The molecule has 146 valence electrons. The molecular weight excluding hydrogens is 378 g/mol. The van der Waals surface area contributed by atoms with Gasteiger partial charge in [0, 0.05) is 16.3 Å². The fourth-order valence-corrected chi connectivity index (χ4v) is 2.90. The molecule has 1 amide bonds. The molecule has 0 spiro atoms. The van der Waals surface area contributed by atoms with E-state index >= 15 is 0 Å². The van der Waals surface area contributed by atoms with E-state index in [1.165, 1.54) is 0 Å². The predicted octanol–water partition coefficient (Wildman–Crippen LogP) is 3.05. The summed E-state index contributed by atoms with van der Waals surface area (Å²) in [5.74, 6) is 1.97. The van der Waals surface area contributed by atoms with Crippen molar-refractivity contribution in [3.05, 3.63) is 65.6 Å². The third-order valence-electron chi connectivity index (χ3n) is 4.37. The number of oxazole rings is 1. The largest absolute Gasteiger partial charge is 0.497 e. The zero-order valence-electron chi connectivity index (χ0n) is 15.9. The Morgan fingerprint density at radius 1 is 1.18 bits per heavy atom. The van der Waals surface area contributed by atoms with Gasteiger partial charge < -0.3 is 19.4 Å². The van der Waals surface area contributed by atoms with E-state index in [9.17, 15) is 4.79 Å². The quantitative estimate of drug-likeness (QED) is 0.609. The summed E-state index contributed by atoms with van der Waals surface area (Å²) in [6, 6.07) is 14.6. The number of hydrogen-bond donors (Lipinski definition) is 2. The molecule has 7 heteroatoms. The second-order valence-electron chi connectivity index (χ2n) is 6.36. The Kier molecular flexibility index (Phi) is 6.68. The summed E-state index contributed by atoms with van der Waals surface area (Å²) in [5.41, 5.74) is 1.65. The van der Waals surface area contributed by atoms with Crippen molar-refractivity contribution < 1.29 is 18.8 Å². The molecule has 2 N–H and O–H groups in total. The predicted molar refractivity (Wildman–Crippen MR) is 109 cm³/mol. The maximum atomic E-state index is 12.4. The summed E-state index contributed by atoms with van der Waals surface area (Å²) in [5, 5.41) is 3.58. The molecule has 0 saturated carbocycles. The topological polar surface area (TPSA) is 68.8 Å². The van der Waals surface area contributed by atoms with Crippen LogP contribution in [0.5, 0.6) is 5.75 Å².